The summed E-state index contributed by atoms with van der Waals surface area (Å²) >= 11 is 1.29. The van der Waals surface area contributed by atoms with E-state index in [4.69, 9.17) is 9.29 Å². The lowest BCUT2D eigenvalue weighted by Gasteiger charge is -2.00. The first kappa shape index (κ1) is 24.3. The van der Waals surface area contributed by atoms with Crippen LogP contribution in [0.2, 0.25) is 0 Å². The van der Waals surface area contributed by atoms with Crippen LogP contribution in [0.5, 0.6) is 5.75 Å². The third kappa shape index (κ3) is 5.11. The molecule has 0 fully saturated rings. The fourth-order valence-electron chi connectivity index (χ4n) is 3.52. The van der Waals surface area contributed by atoms with E-state index in [9.17, 15) is 13.2 Å². The molecule has 10 nitrogen and oxygen atoms in total. The second-order valence-corrected chi connectivity index (χ2v) is 10.0. The molecule has 37 heavy (non-hydrogen) atoms. The van der Waals surface area contributed by atoms with Gasteiger partial charge in [-0.25, -0.2) is 4.98 Å². The summed E-state index contributed by atoms with van der Waals surface area (Å²) in [5.41, 5.74) is 2.66. The Bertz CT molecular complexity index is 1740. The molecule has 0 spiro atoms. The van der Waals surface area contributed by atoms with Gasteiger partial charge in [0.05, 0.1) is 29.1 Å². The largest absolute Gasteiger partial charge is 0.497 e. The van der Waals surface area contributed by atoms with Gasteiger partial charge in [0.15, 0.2) is 5.69 Å². The zero-order chi connectivity index (χ0) is 26.0. The van der Waals surface area contributed by atoms with Crippen LogP contribution < -0.4 is 10.3 Å². The van der Waals surface area contributed by atoms with E-state index in [-0.39, 0.29) is 10.6 Å². The molecule has 2 heterocycles. The van der Waals surface area contributed by atoms with Gasteiger partial charge >= 0.3 is 5.56 Å². The van der Waals surface area contributed by atoms with Crippen molar-refractivity contribution in [2.24, 2.45) is 10.2 Å². The lowest BCUT2D eigenvalue weighted by atomic mass is 10.1. The van der Waals surface area contributed by atoms with Crippen molar-refractivity contribution < 1.29 is 17.7 Å². The summed E-state index contributed by atoms with van der Waals surface area (Å²) in [5, 5.41) is 13.7. The van der Waals surface area contributed by atoms with Crippen molar-refractivity contribution in [2.45, 2.75) is 4.90 Å². The Balaban J connectivity index is 1.54. The molecule has 0 saturated heterocycles. The standard InChI is InChI=1S/C25H19N5O5S2/c1-35-19-11-7-16(8-12-19)21-15-36-25(26-21)30-24(31)23(22(29-30)17-5-3-2-4-6-17)28-27-18-9-13-20(14-10-18)37(32,33)34/h2-15,29H,1H3,(H,32,33,34). The smallest absolute Gasteiger partial charge is 0.301 e. The maximum atomic E-state index is 13.4. The molecule has 3 aromatic carbocycles. The van der Waals surface area contributed by atoms with Crippen molar-refractivity contribution in [3.63, 3.8) is 0 Å². The average Bonchev–Trinajstić information content (AvgIpc) is 3.52. The fourth-order valence-corrected chi connectivity index (χ4v) is 4.79. The molecule has 0 amide bonds. The molecular weight excluding hydrogens is 514 g/mol. The van der Waals surface area contributed by atoms with Gasteiger partial charge in [0.2, 0.25) is 5.13 Å². The molecule has 0 radical (unpaired) electrons. The lowest BCUT2D eigenvalue weighted by molar-refractivity contribution is 0.415. The molecule has 0 aliphatic carbocycles. The minimum absolute atomic E-state index is 0.0613. The maximum Gasteiger partial charge on any atom is 0.301 e. The number of ether oxygens (including phenoxy) is 1. The molecule has 0 aliphatic heterocycles. The number of rotatable bonds is 7. The van der Waals surface area contributed by atoms with Crippen LogP contribution in [0.15, 0.2) is 104 Å². The number of azo groups is 1. The average molecular weight is 534 g/mol. The number of hydrogen-bond acceptors (Lipinski definition) is 8. The molecule has 0 aliphatic rings. The Morgan fingerprint density at radius 2 is 1.65 bits per heavy atom. The molecule has 0 bridgehead atoms. The zero-order valence-electron chi connectivity index (χ0n) is 19.3. The first-order valence-corrected chi connectivity index (χ1v) is 13.2. The van der Waals surface area contributed by atoms with Gasteiger partial charge in [0, 0.05) is 16.5 Å². The van der Waals surface area contributed by atoms with Crippen LogP contribution >= 0.6 is 11.3 Å². The Morgan fingerprint density at radius 3 is 2.30 bits per heavy atom. The molecule has 0 atom stereocenters. The van der Waals surface area contributed by atoms with Crippen LogP contribution in [0, 0.1) is 0 Å². The summed E-state index contributed by atoms with van der Waals surface area (Å²) in [6, 6.07) is 21.8. The van der Waals surface area contributed by atoms with Crippen LogP contribution in [-0.4, -0.2) is 34.8 Å². The second-order valence-electron chi connectivity index (χ2n) is 7.75. The molecule has 5 rings (SSSR count). The maximum absolute atomic E-state index is 13.4. The number of thiazole rings is 1. The van der Waals surface area contributed by atoms with E-state index in [1.807, 2.05) is 60.0 Å². The lowest BCUT2D eigenvalue weighted by Crippen LogP contribution is -2.13. The molecule has 5 aromatic rings. The van der Waals surface area contributed by atoms with Crippen molar-refractivity contribution in [3.8, 4) is 33.4 Å². The van der Waals surface area contributed by atoms with Crippen molar-refractivity contribution in [3.05, 3.63) is 94.6 Å². The number of benzene rings is 3. The third-order valence-corrected chi connectivity index (χ3v) is 7.09. The second kappa shape index (κ2) is 9.93. The quantitative estimate of drug-likeness (QED) is 0.205. The highest BCUT2D eigenvalue weighted by molar-refractivity contribution is 7.85. The molecule has 2 N–H and O–H groups in total. The van der Waals surface area contributed by atoms with Gasteiger partial charge in [-0.3, -0.25) is 14.4 Å². The van der Waals surface area contributed by atoms with Crippen molar-refractivity contribution in [1.82, 2.24) is 14.8 Å². The number of hydrogen-bond donors (Lipinski definition) is 2. The Hall–Kier alpha value is -4.39. The molecule has 2 aromatic heterocycles. The summed E-state index contributed by atoms with van der Waals surface area (Å²) in [6.45, 7) is 0. The van der Waals surface area contributed by atoms with Crippen LogP contribution in [0.4, 0.5) is 11.4 Å². The Kier molecular flexibility index (Phi) is 6.53. The fraction of sp³-hybridized carbons (Fsp3) is 0.0400. The molecule has 0 unspecified atom stereocenters. The van der Waals surface area contributed by atoms with E-state index >= 15 is 0 Å². The topological polar surface area (TPSA) is 139 Å². The normalized spacial score (nSPS) is 11.7. The predicted octanol–water partition coefficient (Wildman–Crippen LogP) is 5.63. The summed E-state index contributed by atoms with van der Waals surface area (Å²) in [6.07, 6.45) is 0. The van der Waals surface area contributed by atoms with Crippen molar-refractivity contribution in [1.29, 1.82) is 0 Å². The SMILES string of the molecule is COc1ccc(-c2csc(-n3[nH]c(-c4ccccc4)c(N=Nc4ccc(S(=O)(=O)O)cc4)c3=O)n2)cc1. The third-order valence-electron chi connectivity index (χ3n) is 5.40. The number of H-pyrrole nitrogens is 1. The van der Waals surface area contributed by atoms with E-state index < -0.39 is 15.7 Å². The first-order valence-electron chi connectivity index (χ1n) is 10.8. The van der Waals surface area contributed by atoms with Gasteiger partial charge in [-0.05, 0) is 48.5 Å². The van der Waals surface area contributed by atoms with Gasteiger partial charge in [0.1, 0.15) is 5.75 Å². The monoisotopic (exact) mass is 533 g/mol. The summed E-state index contributed by atoms with van der Waals surface area (Å²) in [4.78, 5) is 17.8. The van der Waals surface area contributed by atoms with E-state index in [0.29, 0.717) is 22.2 Å². The summed E-state index contributed by atoms with van der Waals surface area (Å²) < 4.78 is 38.2. The highest BCUT2D eigenvalue weighted by atomic mass is 32.2. The molecular formula is C25H19N5O5S2. The Morgan fingerprint density at radius 1 is 0.946 bits per heavy atom. The molecule has 0 saturated carbocycles. The van der Waals surface area contributed by atoms with Crippen LogP contribution in [-0.2, 0) is 10.1 Å². The van der Waals surface area contributed by atoms with Gasteiger partial charge in [-0.1, -0.05) is 30.3 Å². The van der Waals surface area contributed by atoms with E-state index in [1.165, 1.54) is 40.3 Å². The minimum Gasteiger partial charge on any atom is -0.497 e. The number of methoxy groups -OCH3 is 1. The van der Waals surface area contributed by atoms with E-state index in [1.54, 1.807) is 7.11 Å². The van der Waals surface area contributed by atoms with Crippen LogP contribution in [0.1, 0.15) is 0 Å². The summed E-state index contributed by atoms with van der Waals surface area (Å²) in [5.74, 6) is 0.731. The van der Waals surface area contributed by atoms with Gasteiger partial charge in [0.25, 0.3) is 10.1 Å². The first-order chi connectivity index (χ1) is 17.8. The molecule has 186 valence electrons. The minimum atomic E-state index is -4.33. The van der Waals surface area contributed by atoms with Gasteiger partial charge in [-0.2, -0.15) is 18.2 Å². The van der Waals surface area contributed by atoms with Gasteiger partial charge in [-0.15, -0.1) is 16.5 Å². The van der Waals surface area contributed by atoms with Crippen LogP contribution in [0.25, 0.3) is 27.6 Å². The van der Waals surface area contributed by atoms with Gasteiger partial charge < -0.3 is 4.74 Å². The molecule has 12 heteroatoms. The van der Waals surface area contributed by atoms with Crippen molar-refractivity contribution in [2.75, 3.05) is 7.11 Å². The van der Waals surface area contributed by atoms with Crippen LogP contribution in [0.3, 0.4) is 0 Å². The summed E-state index contributed by atoms with van der Waals surface area (Å²) in [7, 11) is -2.73. The van der Waals surface area contributed by atoms with Crippen molar-refractivity contribution >= 4 is 32.8 Å². The van der Waals surface area contributed by atoms with E-state index in [2.05, 4.69) is 20.3 Å². The number of nitrogens with one attached hydrogen (secondary N) is 1. The number of nitrogens with zero attached hydrogens (tertiary/aromatic N) is 4. The highest BCUT2D eigenvalue weighted by Crippen LogP contribution is 2.30. The predicted molar refractivity (Wildman–Crippen MR) is 140 cm³/mol. The highest BCUT2D eigenvalue weighted by Gasteiger charge is 2.19. The van der Waals surface area contributed by atoms with E-state index in [0.717, 1.165) is 16.9 Å². The number of aromatic nitrogens is 3. The number of aromatic amines is 1. The Labute approximate surface area is 215 Å². The zero-order valence-corrected chi connectivity index (χ0v) is 20.9.